The molecule has 0 aromatic heterocycles. The van der Waals surface area contributed by atoms with Crippen LogP contribution in [-0.2, 0) is 4.79 Å². The molecule has 3 heteroatoms. The van der Waals surface area contributed by atoms with Crippen LogP contribution >= 0.6 is 0 Å². The molecule has 0 aliphatic heterocycles. The first-order valence-corrected chi connectivity index (χ1v) is 4.35. The Morgan fingerprint density at radius 2 is 2.08 bits per heavy atom. The van der Waals surface area contributed by atoms with Gasteiger partial charge in [0.1, 0.15) is 0 Å². The predicted molar refractivity (Wildman–Crippen MR) is 48.9 cm³/mol. The second kappa shape index (κ2) is 4.45. The highest BCUT2D eigenvalue weighted by atomic mass is 16.4. The summed E-state index contributed by atoms with van der Waals surface area (Å²) in [6.07, 6.45) is 1.87. The summed E-state index contributed by atoms with van der Waals surface area (Å²) in [5, 5.41) is 8.47. The minimum absolute atomic E-state index is 0.0728. The summed E-state index contributed by atoms with van der Waals surface area (Å²) in [5.41, 5.74) is 5.82. The summed E-state index contributed by atoms with van der Waals surface area (Å²) < 4.78 is 0. The smallest absolute Gasteiger partial charge is 0.304 e. The Hall–Kier alpha value is -0.570. The molecule has 12 heavy (non-hydrogen) atoms. The lowest BCUT2D eigenvalue weighted by Gasteiger charge is -2.25. The van der Waals surface area contributed by atoms with Crippen molar-refractivity contribution < 1.29 is 9.90 Å². The van der Waals surface area contributed by atoms with Crippen LogP contribution in [0.15, 0.2) is 0 Å². The Morgan fingerprint density at radius 3 is 2.42 bits per heavy atom. The van der Waals surface area contributed by atoms with Gasteiger partial charge in [-0.2, -0.15) is 0 Å². The topological polar surface area (TPSA) is 63.3 Å². The molecule has 0 rings (SSSR count). The van der Waals surface area contributed by atoms with Gasteiger partial charge in [0.2, 0.25) is 0 Å². The van der Waals surface area contributed by atoms with E-state index >= 15 is 0 Å². The van der Waals surface area contributed by atoms with E-state index in [9.17, 15) is 4.79 Å². The first-order valence-electron chi connectivity index (χ1n) is 4.35. The summed E-state index contributed by atoms with van der Waals surface area (Å²) in [5.74, 6) is -0.811. The van der Waals surface area contributed by atoms with Crippen molar-refractivity contribution in [3.8, 4) is 0 Å². The summed E-state index contributed by atoms with van der Waals surface area (Å²) in [7, 11) is 0. The minimum Gasteiger partial charge on any atom is -0.481 e. The van der Waals surface area contributed by atoms with E-state index in [1.54, 1.807) is 0 Å². The Bertz CT molecular complexity index is 155. The van der Waals surface area contributed by atoms with Crippen LogP contribution in [0.3, 0.4) is 0 Å². The molecule has 0 heterocycles. The molecule has 1 atom stereocenters. The Labute approximate surface area is 74.0 Å². The van der Waals surface area contributed by atoms with Crippen LogP contribution in [0, 0.1) is 5.41 Å². The molecule has 0 aliphatic carbocycles. The maximum absolute atomic E-state index is 10.3. The van der Waals surface area contributed by atoms with Gasteiger partial charge in [-0.15, -0.1) is 0 Å². The maximum atomic E-state index is 10.3. The normalized spacial score (nSPS) is 14.3. The highest BCUT2D eigenvalue weighted by Crippen LogP contribution is 2.26. The fraction of sp³-hybridized carbons (Fsp3) is 0.889. The Balaban J connectivity index is 3.83. The van der Waals surface area contributed by atoms with Gasteiger partial charge in [-0.3, -0.25) is 4.79 Å². The molecule has 0 aromatic rings. The van der Waals surface area contributed by atoms with Crippen LogP contribution in [0.2, 0.25) is 0 Å². The van der Waals surface area contributed by atoms with Crippen molar-refractivity contribution >= 4 is 5.97 Å². The lowest BCUT2D eigenvalue weighted by molar-refractivity contribution is -0.137. The van der Waals surface area contributed by atoms with E-state index in [0.717, 1.165) is 12.8 Å². The maximum Gasteiger partial charge on any atom is 0.304 e. The molecule has 0 radical (unpaired) electrons. The van der Waals surface area contributed by atoms with Crippen molar-refractivity contribution in [2.45, 2.75) is 46.1 Å². The zero-order valence-corrected chi connectivity index (χ0v) is 8.13. The van der Waals surface area contributed by atoms with Gasteiger partial charge >= 0.3 is 5.97 Å². The third-order valence-electron chi connectivity index (χ3n) is 2.21. The number of nitrogens with two attached hydrogens (primary N) is 1. The van der Waals surface area contributed by atoms with Crippen molar-refractivity contribution in [3.63, 3.8) is 0 Å². The molecule has 0 aliphatic rings. The van der Waals surface area contributed by atoms with Crippen molar-refractivity contribution in [3.05, 3.63) is 0 Å². The molecule has 3 N–H and O–H groups in total. The monoisotopic (exact) mass is 173 g/mol. The van der Waals surface area contributed by atoms with Gasteiger partial charge in [0, 0.05) is 6.04 Å². The Morgan fingerprint density at radius 1 is 1.58 bits per heavy atom. The third kappa shape index (κ3) is 5.13. The molecular weight excluding hydrogens is 154 g/mol. The van der Waals surface area contributed by atoms with Crippen LogP contribution in [0.5, 0.6) is 0 Å². The lowest BCUT2D eigenvalue weighted by atomic mass is 9.83. The molecule has 0 spiro atoms. The quantitative estimate of drug-likeness (QED) is 0.664. The number of aliphatic carboxylic acids is 1. The SMILES string of the molecule is CCC(C)(C)C[C@H](N)CC(=O)O. The standard InChI is InChI=1S/C9H19NO2/c1-4-9(2,3)6-7(10)5-8(11)12/h7H,4-6,10H2,1-3H3,(H,11,12)/t7-/m1/s1. The first-order chi connectivity index (χ1) is 5.37. The van der Waals surface area contributed by atoms with E-state index in [4.69, 9.17) is 10.8 Å². The second-order valence-electron chi connectivity index (χ2n) is 4.08. The van der Waals surface area contributed by atoms with Gasteiger partial charge in [-0.25, -0.2) is 0 Å². The van der Waals surface area contributed by atoms with Crippen LogP contribution < -0.4 is 5.73 Å². The number of hydrogen-bond acceptors (Lipinski definition) is 2. The van der Waals surface area contributed by atoms with Crippen molar-refractivity contribution in [2.75, 3.05) is 0 Å². The summed E-state index contributed by atoms with van der Waals surface area (Å²) in [4.78, 5) is 10.3. The van der Waals surface area contributed by atoms with Gasteiger partial charge in [-0.05, 0) is 11.8 Å². The molecular formula is C9H19NO2. The summed E-state index contributed by atoms with van der Waals surface area (Å²) in [6, 6.07) is -0.211. The van der Waals surface area contributed by atoms with Gasteiger partial charge in [0.05, 0.1) is 6.42 Å². The molecule has 0 saturated carbocycles. The lowest BCUT2D eigenvalue weighted by Crippen LogP contribution is -2.29. The largest absolute Gasteiger partial charge is 0.481 e. The average molecular weight is 173 g/mol. The molecule has 0 bridgehead atoms. The van der Waals surface area contributed by atoms with Gasteiger partial charge in [-0.1, -0.05) is 27.2 Å². The van der Waals surface area contributed by atoms with E-state index < -0.39 is 5.97 Å². The fourth-order valence-corrected chi connectivity index (χ4v) is 1.15. The van der Waals surface area contributed by atoms with Crippen LogP contribution in [0.25, 0.3) is 0 Å². The van der Waals surface area contributed by atoms with Gasteiger partial charge in [0.25, 0.3) is 0 Å². The number of carboxylic acids is 1. The molecule has 72 valence electrons. The highest BCUT2D eigenvalue weighted by molar-refractivity contribution is 5.67. The van der Waals surface area contributed by atoms with Crippen molar-refractivity contribution in [1.29, 1.82) is 0 Å². The number of carbonyl (C=O) groups is 1. The third-order valence-corrected chi connectivity index (χ3v) is 2.21. The molecule has 0 saturated heterocycles. The summed E-state index contributed by atoms with van der Waals surface area (Å²) in [6.45, 7) is 6.30. The highest BCUT2D eigenvalue weighted by Gasteiger charge is 2.20. The van der Waals surface area contributed by atoms with E-state index in [0.29, 0.717) is 0 Å². The minimum atomic E-state index is -0.811. The molecule has 3 nitrogen and oxygen atoms in total. The molecule has 0 unspecified atom stereocenters. The predicted octanol–water partition coefficient (Wildman–Crippen LogP) is 1.61. The van der Waals surface area contributed by atoms with E-state index in [2.05, 4.69) is 20.8 Å². The fourth-order valence-electron chi connectivity index (χ4n) is 1.15. The number of rotatable bonds is 5. The van der Waals surface area contributed by atoms with Crippen LogP contribution in [-0.4, -0.2) is 17.1 Å². The molecule has 0 aromatic carbocycles. The first kappa shape index (κ1) is 11.4. The van der Waals surface area contributed by atoms with Gasteiger partial charge in [0.15, 0.2) is 0 Å². The van der Waals surface area contributed by atoms with Crippen molar-refractivity contribution in [1.82, 2.24) is 0 Å². The van der Waals surface area contributed by atoms with E-state index in [1.165, 1.54) is 0 Å². The van der Waals surface area contributed by atoms with Crippen LogP contribution in [0.4, 0.5) is 0 Å². The summed E-state index contributed by atoms with van der Waals surface area (Å²) >= 11 is 0. The van der Waals surface area contributed by atoms with Gasteiger partial charge < -0.3 is 10.8 Å². The molecule has 0 amide bonds. The average Bonchev–Trinajstić information content (AvgIpc) is 1.84. The molecule has 0 fully saturated rings. The number of hydrogen-bond donors (Lipinski definition) is 2. The Kier molecular flexibility index (Phi) is 4.24. The van der Waals surface area contributed by atoms with E-state index in [-0.39, 0.29) is 17.9 Å². The zero-order chi connectivity index (χ0) is 9.78. The van der Waals surface area contributed by atoms with E-state index in [1.807, 2.05) is 0 Å². The van der Waals surface area contributed by atoms with Crippen molar-refractivity contribution in [2.24, 2.45) is 11.1 Å². The second-order valence-corrected chi connectivity index (χ2v) is 4.08. The number of carboxylic acid groups (broad SMARTS) is 1. The zero-order valence-electron chi connectivity index (χ0n) is 8.13. The van der Waals surface area contributed by atoms with Crippen LogP contribution in [0.1, 0.15) is 40.0 Å².